The summed E-state index contributed by atoms with van der Waals surface area (Å²) >= 11 is 6.08. The molecule has 4 rings (SSSR count). The van der Waals surface area contributed by atoms with Gasteiger partial charge in [-0.2, -0.15) is 0 Å². The van der Waals surface area contributed by atoms with E-state index in [1.807, 2.05) is 18.2 Å². The van der Waals surface area contributed by atoms with Crippen LogP contribution in [-0.4, -0.2) is 18.2 Å². The molecule has 0 radical (unpaired) electrons. The topological polar surface area (TPSA) is 37.4 Å². The highest BCUT2D eigenvalue weighted by atomic mass is 35.5. The van der Waals surface area contributed by atoms with Crippen LogP contribution < -0.4 is 4.90 Å². The lowest BCUT2D eigenvalue weighted by Gasteiger charge is -2.30. The Labute approximate surface area is 198 Å². The van der Waals surface area contributed by atoms with Gasteiger partial charge >= 0.3 is 0 Å². The second-order valence-electron chi connectivity index (χ2n) is 8.31. The van der Waals surface area contributed by atoms with Crippen LogP contribution in [0.25, 0.3) is 0 Å². The molecule has 168 valence electrons. The average molecular weight is 462 g/mol. The fourth-order valence-corrected chi connectivity index (χ4v) is 4.56. The number of benzene rings is 3. The lowest BCUT2D eigenvalue weighted by molar-refractivity contribution is -0.119. The van der Waals surface area contributed by atoms with Gasteiger partial charge in [0, 0.05) is 35.2 Å². The van der Waals surface area contributed by atoms with Crippen molar-refractivity contribution in [3.63, 3.8) is 0 Å². The van der Waals surface area contributed by atoms with Crippen LogP contribution in [0, 0.1) is 5.82 Å². The number of rotatable bonds is 7. The maximum atomic E-state index is 13.2. The minimum absolute atomic E-state index is 0.0594. The van der Waals surface area contributed by atoms with Gasteiger partial charge in [-0.05, 0) is 72.4 Å². The van der Waals surface area contributed by atoms with E-state index in [1.54, 1.807) is 47.4 Å². The van der Waals surface area contributed by atoms with Crippen molar-refractivity contribution in [3.05, 3.63) is 112 Å². The molecule has 1 atom stereocenters. The molecule has 3 nitrogen and oxygen atoms in total. The van der Waals surface area contributed by atoms with Gasteiger partial charge in [0.1, 0.15) is 11.6 Å². The molecular weight excluding hydrogens is 437 g/mol. The molecule has 0 aliphatic carbocycles. The Hall–Kier alpha value is -3.24. The SMILES string of the molecule is C=CCC(C(=O)Cc1ccc(F)cc1)c1ccc2c(c1)CCCN2C(=O)c1cccc(Cl)c1. The highest BCUT2D eigenvalue weighted by molar-refractivity contribution is 6.31. The van der Waals surface area contributed by atoms with Crippen molar-refractivity contribution < 1.29 is 14.0 Å². The molecule has 1 unspecified atom stereocenters. The molecule has 1 amide bonds. The van der Waals surface area contributed by atoms with Crippen molar-refractivity contribution >= 4 is 29.0 Å². The summed E-state index contributed by atoms with van der Waals surface area (Å²) in [7, 11) is 0. The number of allylic oxidation sites excluding steroid dienone is 1. The molecule has 3 aromatic rings. The zero-order valence-electron chi connectivity index (χ0n) is 18.3. The number of aryl methyl sites for hydroxylation is 1. The van der Waals surface area contributed by atoms with Gasteiger partial charge in [-0.3, -0.25) is 9.59 Å². The van der Waals surface area contributed by atoms with Gasteiger partial charge in [0.2, 0.25) is 0 Å². The highest BCUT2D eigenvalue weighted by Crippen LogP contribution is 2.33. The van der Waals surface area contributed by atoms with Crippen LogP contribution in [0.2, 0.25) is 5.02 Å². The smallest absolute Gasteiger partial charge is 0.258 e. The molecule has 1 aliphatic heterocycles. The summed E-state index contributed by atoms with van der Waals surface area (Å²) in [5.41, 5.74) is 4.18. The Morgan fingerprint density at radius 2 is 1.88 bits per heavy atom. The molecule has 0 spiro atoms. The summed E-state index contributed by atoms with van der Waals surface area (Å²) in [6, 6.07) is 18.9. The minimum Gasteiger partial charge on any atom is -0.308 e. The van der Waals surface area contributed by atoms with Crippen molar-refractivity contribution in [1.29, 1.82) is 0 Å². The second kappa shape index (κ2) is 10.1. The van der Waals surface area contributed by atoms with Crippen LogP contribution in [0.5, 0.6) is 0 Å². The predicted molar refractivity (Wildman–Crippen MR) is 131 cm³/mol. The number of carbonyl (C=O) groups excluding carboxylic acids is 2. The maximum absolute atomic E-state index is 13.2. The molecule has 1 aliphatic rings. The van der Waals surface area contributed by atoms with E-state index in [1.165, 1.54) is 12.1 Å². The number of halogens is 2. The fourth-order valence-electron chi connectivity index (χ4n) is 4.37. The molecule has 1 heterocycles. The van der Waals surface area contributed by atoms with E-state index in [4.69, 9.17) is 11.6 Å². The molecule has 5 heteroatoms. The van der Waals surface area contributed by atoms with E-state index < -0.39 is 0 Å². The Balaban J connectivity index is 1.59. The number of Topliss-reactive ketones (excluding diaryl/α,β-unsaturated/α-hetero) is 1. The minimum atomic E-state index is -0.336. The number of carbonyl (C=O) groups is 2. The lowest BCUT2D eigenvalue weighted by atomic mass is 9.86. The monoisotopic (exact) mass is 461 g/mol. The van der Waals surface area contributed by atoms with Crippen molar-refractivity contribution in [2.45, 2.75) is 31.6 Å². The molecule has 3 aromatic carbocycles. The molecule has 33 heavy (non-hydrogen) atoms. The first-order chi connectivity index (χ1) is 16.0. The summed E-state index contributed by atoms with van der Waals surface area (Å²) in [5, 5.41) is 0.528. The van der Waals surface area contributed by atoms with Crippen molar-refractivity contribution in [3.8, 4) is 0 Å². The van der Waals surface area contributed by atoms with Crippen LogP contribution in [0.4, 0.5) is 10.1 Å². The molecule has 0 saturated carbocycles. The van der Waals surface area contributed by atoms with Crippen LogP contribution in [-0.2, 0) is 17.6 Å². The van der Waals surface area contributed by atoms with Crippen molar-refractivity contribution in [1.82, 2.24) is 0 Å². The number of anilines is 1. The first kappa shape index (κ1) is 22.9. The van der Waals surface area contributed by atoms with Gasteiger partial charge in [0.05, 0.1) is 0 Å². The predicted octanol–water partition coefficient (Wildman–Crippen LogP) is 6.54. The van der Waals surface area contributed by atoms with Crippen molar-refractivity contribution in [2.24, 2.45) is 0 Å². The summed E-state index contributed by atoms with van der Waals surface area (Å²) in [5.74, 6) is -0.678. The van der Waals surface area contributed by atoms with E-state index in [0.29, 0.717) is 23.6 Å². The summed E-state index contributed by atoms with van der Waals surface area (Å²) in [4.78, 5) is 28.1. The summed E-state index contributed by atoms with van der Waals surface area (Å²) in [6.07, 6.45) is 4.19. The number of fused-ring (bicyclic) bond motifs is 1. The molecular formula is C28H25ClFNO2. The Kier molecular flexibility index (Phi) is 7.05. The summed E-state index contributed by atoms with van der Waals surface area (Å²) < 4.78 is 13.2. The van der Waals surface area contributed by atoms with E-state index in [0.717, 1.165) is 35.2 Å². The molecule has 0 saturated heterocycles. The number of amides is 1. The number of ketones is 1. The lowest BCUT2D eigenvalue weighted by Crippen LogP contribution is -2.35. The van der Waals surface area contributed by atoms with E-state index in [9.17, 15) is 14.0 Å². The van der Waals surface area contributed by atoms with Gasteiger partial charge < -0.3 is 4.90 Å². The van der Waals surface area contributed by atoms with Crippen LogP contribution in [0.1, 0.15) is 45.8 Å². The van der Waals surface area contributed by atoms with Gasteiger partial charge in [-0.15, -0.1) is 6.58 Å². The number of hydrogen-bond donors (Lipinski definition) is 0. The van der Waals surface area contributed by atoms with Crippen LogP contribution in [0.15, 0.2) is 79.4 Å². The largest absolute Gasteiger partial charge is 0.308 e. The maximum Gasteiger partial charge on any atom is 0.258 e. The standard InChI is InChI=1S/C28H25ClFNO2/c1-2-5-25(27(32)16-19-9-12-24(30)13-10-19)20-11-14-26-21(17-20)7-4-15-31(26)28(33)22-6-3-8-23(29)18-22/h2-3,6,8-14,17-18,25H,1,4-5,7,15-16H2. The molecule has 0 fully saturated rings. The first-order valence-corrected chi connectivity index (χ1v) is 11.4. The van der Waals surface area contributed by atoms with Gasteiger partial charge in [0.25, 0.3) is 5.91 Å². The Bertz CT molecular complexity index is 1190. The zero-order valence-corrected chi connectivity index (χ0v) is 19.0. The Morgan fingerprint density at radius 3 is 2.61 bits per heavy atom. The van der Waals surface area contributed by atoms with Gasteiger partial charge in [-0.1, -0.05) is 48.0 Å². The Morgan fingerprint density at radius 1 is 1.09 bits per heavy atom. The number of hydrogen-bond acceptors (Lipinski definition) is 2. The van der Waals surface area contributed by atoms with Crippen LogP contribution in [0.3, 0.4) is 0 Å². The third-order valence-electron chi connectivity index (χ3n) is 6.02. The number of nitrogens with zero attached hydrogens (tertiary/aromatic N) is 1. The zero-order chi connectivity index (χ0) is 23.4. The second-order valence-corrected chi connectivity index (χ2v) is 8.74. The summed E-state index contributed by atoms with van der Waals surface area (Å²) in [6.45, 7) is 4.46. The normalized spacial score (nSPS) is 13.8. The fraction of sp³-hybridized carbons (Fsp3) is 0.214. The van der Waals surface area contributed by atoms with Gasteiger partial charge in [0.15, 0.2) is 0 Å². The van der Waals surface area contributed by atoms with Gasteiger partial charge in [-0.25, -0.2) is 4.39 Å². The molecule has 0 N–H and O–H groups in total. The third kappa shape index (κ3) is 5.23. The van der Waals surface area contributed by atoms with Crippen LogP contribution >= 0.6 is 11.6 Å². The third-order valence-corrected chi connectivity index (χ3v) is 6.26. The van der Waals surface area contributed by atoms with Crippen molar-refractivity contribution in [2.75, 3.05) is 11.4 Å². The molecule has 0 bridgehead atoms. The van der Waals surface area contributed by atoms with E-state index in [2.05, 4.69) is 6.58 Å². The molecule has 0 aromatic heterocycles. The first-order valence-electron chi connectivity index (χ1n) is 11.0. The van der Waals surface area contributed by atoms with E-state index in [-0.39, 0.29) is 29.8 Å². The highest BCUT2D eigenvalue weighted by Gasteiger charge is 2.26. The quantitative estimate of drug-likeness (QED) is 0.374. The average Bonchev–Trinajstić information content (AvgIpc) is 2.82. The van der Waals surface area contributed by atoms with E-state index >= 15 is 0 Å².